The van der Waals surface area contributed by atoms with Crippen molar-refractivity contribution in [1.29, 1.82) is 0 Å². The van der Waals surface area contributed by atoms with E-state index in [1.54, 1.807) is 0 Å². The van der Waals surface area contributed by atoms with Crippen molar-refractivity contribution in [3.8, 4) is 0 Å². The molecule has 2 aromatic rings. The number of benzene rings is 2. The van der Waals surface area contributed by atoms with E-state index in [2.05, 4.69) is 12.2 Å². The van der Waals surface area contributed by atoms with E-state index < -0.39 is 7.12 Å². The van der Waals surface area contributed by atoms with Crippen LogP contribution in [0.2, 0.25) is 5.02 Å². The molecule has 0 atom stereocenters. The van der Waals surface area contributed by atoms with E-state index in [-0.39, 0.29) is 16.4 Å². The van der Waals surface area contributed by atoms with Crippen LogP contribution < -0.4 is 10.8 Å². The maximum absolute atomic E-state index is 12.2. The molecule has 0 bridgehead atoms. The zero-order chi connectivity index (χ0) is 16.1. The van der Waals surface area contributed by atoms with Crippen LogP contribution in [0.15, 0.2) is 42.5 Å². The number of hydrogen-bond acceptors (Lipinski definition) is 3. The smallest absolute Gasteiger partial charge is 0.423 e. The minimum Gasteiger partial charge on any atom is -0.423 e. The Morgan fingerprint density at radius 1 is 1.18 bits per heavy atom. The summed E-state index contributed by atoms with van der Waals surface area (Å²) in [6.45, 7) is 2.11. The number of amides is 1. The molecular formula is C16H17BClNO3. The molecule has 4 nitrogen and oxygen atoms in total. The molecule has 6 heteroatoms. The maximum Gasteiger partial charge on any atom is 0.489 e. The Labute approximate surface area is 134 Å². The van der Waals surface area contributed by atoms with Crippen molar-refractivity contribution in [1.82, 2.24) is 0 Å². The number of carbonyl (C=O) groups is 1. The zero-order valence-corrected chi connectivity index (χ0v) is 13.0. The van der Waals surface area contributed by atoms with Crippen LogP contribution in [0, 0.1) is 0 Å². The normalized spacial score (nSPS) is 10.4. The highest BCUT2D eigenvalue weighted by Gasteiger charge is 2.17. The fourth-order valence-electron chi connectivity index (χ4n) is 2.13. The van der Waals surface area contributed by atoms with Crippen molar-refractivity contribution in [3.05, 3.63) is 58.6 Å². The van der Waals surface area contributed by atoms with E-state index in [1.807, 2.05) is 24.3 Å². The quantitative estimate of drug-likeness (QED) is 0.741. The van der Waals surface area contributed by atoms with Gasteiger partial charge in [-0.15, -0.1) is 0 Å². The molecule has 22 heavy (non-hydrogen) atoms. The van der Waals surface area contributed by atoms with Gasteiger partial charge in [0.15, 0.2) is 0 Å². The summed E-state index contributed by atoms with van der Waals surface area (Å²) in [6, 6.07) is 12.0. The number of aryl methyl sites for hydroxylation is 1. The van der Waals surface area contributed by atoms with Crippen molar-refractivity contribution in [3.63, 3.8) is 0 Å². The molecule has 1 amide bonds. The summed E-state index contributed by atoms with van der Waals surface area (Å²) in [7, 11) is -1.71. The molecule has 0 saturated carbocycles. The summed E-state index contributed by atoms with van der Waals surface area (Å²) in [5.41, 5.74) is 2.32. The molecule has 0 saturated heterocycles. The van der Waals surface area contributed by atoms with Crippen LogP contribution in [0.5, 0.6) is 0 Å². The molecule has 0 spiro atoms. The van der Waals surface area contributed by atoms with Gasteiger partial charge in [0.2, 0.25) is 0 Å². The molecule has 3 N–H and O–H groups in total. The van der Waals surface area contributed by atoms with E-state index in [1.165, 1.54) is 23.8 Å². The third-order valence-corrected chi connectivity index (χ3v) is 3.63. The molecule has 0 aliphatic rings. The van der Waals surface area contributed by atoms with Crippen molar-refractivity contribution in [2.45, 2.75) is 19.8 Å². The summed E-state index contributed by atoms with van der Waals surface area (Å²) in [5, 5.41) is 21.4. The molecule has 114 valence electrons. The van der Waals surface area contributed by atoms with Gasteiger partial charge in [0.1, 0.15) is 0 Å². The molecule has 0 aliphatic carbocycles. The Morgan fingerprint density at radius 2 is 1.86 bits per heavy atom. The minimum atomic E-state index is -1.71. The number of rotatable bonds is 5. The Bertz CT molecular complexity index is 659. The molecule has 0 radical (unpaired) electrons. The maximum atomic E-state index is 12.2. The van der Waals surface area contributed by atoms with Gasteiger partial charge >= 0.3 is 7.12 Å². The average Bonchev–Trinajstić information content (AvgIpc) is 2.49. The van der Waals surface area contributed by atoms with E-state index >= 15 is 0 Å². The van der Waals surface area contributed by atoms with Crippen LogP contribution in [-0.4, -0.2) is 23.1 Å². The predicted octanol–water partition coefficient (Wildman–Crippen LogP) is 2.22. The van der Waals surface area contributed by atoms with Crippen molar-refractivity contribution < 1.29 is 14.8 Å². The molecule has 0 aromatic heterocycles. The summed E-state index contributed by atoms with van der Waals surface area (Å²) in [5.74, 6) is -0.332. The van der Waals surface area contributed by atoms with Crippen molar-refractivity contribution >= 4 is 35.8 Å². The third-order valence-electron chi connectivity index (χ3n) is 3.29. The van der Waals surface area contributed by atoms with E-state index in [0.29, 0.717) is 11.3 Å². The summed E-state index contributed by atoms with van der Waals surface area (Å²) in [4.78, 5) is 12.2. The first-order valence-corrected chi connectivity index (χ1v) is 7.45. The second-order valence-corrected chi connectivity index (χ2v) is 5.42. The fraction of sp³-hybridized carbons (Fsp3) is 0.188. The molecule has 0 unspecified atom stereocenters. The standard InChI is InChI=1S/C16H17BClNO3/c1-2-3-11-4-7-13(8-5-11)19-16(20)12-6-9-15(18)14(10-12)17(21)22/h4-10,21-22H,2-3H2,1H3,(H,19,20). The minimum absolute atomic E-state index is 0.104. The average molecular weight is 318 g/mol. The molecular weight excluding hydrogens is 300 g/mol. The highest BCUT2D eigenvalue weighted by atomic mass is 35.5. The van der Waals surface area contributed by atoms with E-state index in [9.17, 15) is 14.8 Å². The first-order chi connectivity index (χ1) is 10.5. The van der Waals surface area contributed by atoms with Crippen LogP contribution in [0.3, 0.4) is 0 Å². The number of nitrogens with one attached hydrogen (secondary N) is 1. The molecule has 0 aliphatic heterocycles. The lowest BCUT2D eigenvalue weighted by Crippen LogP contribution is -2.31. The monoisotopic (exact) mass is 317 g/mol. The fourth-order valence-corrected chi connectivity index (χ4v) is 2.34. The highest BCUT2D eigenvalue weighted by molar-refractivity contribution is 6.62. The first kappa shape index (κ1) is 16.6. The van der Waals surface area contributed by atoms with Gasteiger partial charge < -0.3 is 15.4 Å². The Morgan fingerprint density at radius 3 is 2.45 bits per heavy atom. The van der Waals surface area contributed by atoms with Gasteiger partial charge in [-0.05, 0) is 42.3 Å². The second kappa shape index (κ2) is 7.45. The number of halogens is 1. The largest absolute Gasteiger partial charge is 0.489 e. The molecule has 2 aromatic carbocycles. The number of carbonyl (C=O) groups excluding carboxylic acids is 1. The number of hydrogen-bond donors (Lipinski definition) is 3. The van der Waals surface area contributed by atoms with Gasteiger partial charge in [-0.3, -0.25) is 4.79 Å². The summed E-state index contributed by atoms with van der Waals surface area (Å²) in [6.07, 6.45) is 2.08. The van der Waals surface area contributed by atoms with Gasteiger partial charge in [-0.25, -0.2) is 0 Å². The number of anilines is 1. The Kier molecular flexibility index (Phi) is 5.60. The zero-order valence-electron chi connectivity index (χ0n) is 12.2. The Balaban J connectivity index is 2.13. The summed E-state index contributed by atoms with van der Waals surface area (Å²) >= 11 is 5.85. The predicted molar refractivity (Wildman–Crippen MR) is 89.7 cm³/mol. The van der Waals surface area contributed by atoms with Crippen LogP contribution in [-0.2, 0) is 6.42 Å². The Hall–Kier alpha value is -1.82. The van der Waals surface area contributed by atoms with Gasteiger partial charge in [0, 0.05) is 21.7 Å². The van der Waals surface area contributed by atoms with E-state index in [0.717, 1.165) is 12.8 Å². The highest BCUT2D eigenvalue weighted by Crippen LogP contribution is 2.14. The topological polar surface area (TPSA) is 69.6 Å². The van der Waals surface area contributed by atoms with Crippen LogP contribution in [0.25, 0.3) is 0 Å². The van der Waals surface area contributed by atoms with Crippen LogP contribution in [0.4, 0.5) is 5.69 Å². The SMILES string of the molecule is CCCc1ccc(NC(=O)c2ccc(Cl)c(B(O)O)c2)cc1. The lowest BCUT2D eigenvalue weighted by molar-refractivity contribution is 0.102. The van der Waals surface area contributed by atoms with Gasteiger partial charge in [-0.1, -0.05) is 37.1 Å². The lowest BCUT2D eigenvalue weighted by Gasteiger charge is -2.09. The second-order valence-electron chi connectivity index (χ2n) is 5.01. The van der Waals surface area contributed by atoms with E-state index in [4.69, 9.17) is 11.6 Å². The lowest BCUT2D eigenvalue weighted by atomic mass is 9.79. The summed E-state index contributed by atoms with van der Waals surface area (Å²) < 4.78 is 0. The van der Waals surface area contributed by atoms with Crippen LogP contribution >= 0.6 is 11.6 Å². The van der Waals surface area contributed by atoms with Gasteiger partial charge in [0.05, 0.1) is 0 Å². The van der Waals surface area contributed by atoms with Crippen LogP contribution in [0.1, 0.15) is 29.3 Å². The van der Waals surface area contributed by atoms with Crippen molar-refractivity contribution in [2.75, 3.05) is 5.32 Å². The molecule has 2 rings (SSSR count). The molecule has 0 heterocycles. The van der Waals surface area contributed by atoms with Gasteiger partial charge in [0.25, 0.3) is 5.91 Å². The van der Waals surface area contributed by atoms with Gasteiger partial charge in [-0.2, -0.15) is 0 Å². The molecule has 0 fully saturated rings. The van der Waals surface area contributed by atoms with Crippen molar-refractivity contribution in [2.24, 2.45) is 0 Å². The first-order valence-electron chi connectivity index (χ1n) is 7.07. The third kappa shape index (κ3) is 4.10.